The van der Waals surface area contributed by atoms with Gasteiger partial charge in [-0.3, -0.25) is 4.79 Å². The number of amides is 1. The second kappa shape index (κ2) is 6.55. The van der Waals surface area contributed by atoms with E-state index < -0.39 is 11.7 Å². The molecule has 1 aliphatic rings. The Balaban J connectivity index is 1.56. The van der Waals surface area contributed by atoms with Crippen LogP contribution < -0.4 is 10.1 Å². The largest absolute Gasteiger partial charge is 0.492 e. The number of hydrogen-bond donors (Lipinski definition) is 1. The average Bonchev–Trinajstić information content (AvgIpc) is 2.59. The lowest BCUT2D eigenvalue weighted by Crippen LogP contribution is -2.37. The molecule has 0 aromatic heterocycles. The molecule has 0 fully saturated rings. The van der Waals surface area contributed by atoms with Gasteiger partial charge in [0.25, 0.3) is 0 Å². The van der Waals surface area contributed by atoms with E-state index in [1.54, 1.807) is 0 Å². The molecule has 1 atom stereocenters. The van der Waals surface area contributed by atoms with Crippen LogP contribution in [0.3, 0.4) is 0 Å². The van der Waals surface area contributed by atoms with Gasteiger partial charge in [0, 0.05) is 6.54 Å². The first-order chi connectivity index (χ1) is 11.4. The normalized spacial score (nSPS) is 16.9. The lowest BCUT2D eigenvalue weighted by Gasteiger charge is -2.24. The van der Waals surface area contributed by atoms with E-state index in [9.17, 15) is 18.0 Å². The van der Waals surface area contributed by atoms with E-state index >= 15 is 0 Å². The summed E-state index contributed by atoms with van der Waals surface area (Å²) in [4.78, 5) is 12.2. The van der Waals surface area contributed by atoms with Gasteiger partial charge in [-0.25, -0.2) is 0 Å². The predicted octanol–water partition coefficient (Wildman–Crippen LogP) is 3.57. The Morgan fingerprint density at radius 2 is 1.83 bits per heavy atom. The number of alkyl halides is 3. The van der Waals surface area contributed by atoms with Gasteiger partial charge in [-0.05, 0) is 35.7 Å². The van der Waals surface area contributed by atoms with E-state index in [0.717, 1.165) is 23.4 Å². The van der Waals surface area contributed by atoms with Crippen LogP contribution in [0.15, 0.2) is 48.5 Å². The minimum atomic E-state index is -4.35. The van der Waals surface area contributed by atoms with E-state index in [4.69, 9.17) is 4.74 Å². The molecule has 1 unspecified atom stereocenters. The Bertz CT molecular complexity index is 726. The molecule has 2 aromatic rings. The van der Waals surface area contributed by atoms with Crippen molar-refractivity contribution < 1.29 is 22.7 Å². The van der Waals surface area contributed by atoms with Gasteiger partial charge in [0.15, 0.2) is 0 Å². The summed E-state index contributed by atoms with van der Waals surface area (Å²) >= 11 is 0. The number of fused-ring (bicyclic) bond motifs is 1. The van der Waals surface area contributed by atoms with Crippen molar-refractivity contribution in [2.75, 3.05) is 6.61 Å². The summed E-state index contributed by atoms with van der Waals surface area (Å²) in [5.41, 5.74) is 0.904. The van der Waals surface area contributed by atoms with E-state index in [1.807, 2.05) is 24.3 Å². The SMILES string of the molecule is O=C(NCc1ccc(C(F)(F)F)cc1)C1COc2ccccc2C1. The summed E-state index contributed by atoms with van der Waals surface area (Å²) in [5, 5.41) is 2.76. The van der Waals surface area contributed by atoms with Crippen LogP contribution in [0.4, 0.5) is 13.2 Å². The number of carbonyl (C=O) groups is 1. The molecule has 24 heavy (non-hydrogen) atoms. The zero-order valence-electron chi connectivity index (χ0n) is 12.8. The third-order valence-electron chi connectivity index (χ3n) is 4.00. The predicted molar refractivity (Wildman–Crippen MR) is 82.4 cm³/mol. The Labute approximate surface area is 137 Å². The van der Waals surface area contributed by atoms with Gasteiger partial charge >= 0.3 is 6.18 Å². The van der Waals surface area contributed by atoms with Gasteiger partial charge in [-0.15, -0.1) is 0 Å². The summed E-state index contributed by atoms with van der Waals surface area (Å²) in [7, 11) is 0. The highest BCUT2D eigenvalue weighted by atomic mass is 19.4. The Morgan fingerprint density at radius 3 is 2.54 bits per heavy atom. The van der Waals surface area contributed by atoms with Crippen molar-refractivity contribution in [3.05, 3.63) is 65.2 Å². The fourth-order valence-corrected chi connectivity index (χ4v) is 2.64. The molecule has 0 radical (unpaired) electrons. The van der Waals surface area contributed by atoms with Crippen LogP contribution in [-0.4, -0.2) is 12.5 Å². The highest BCUT2D eigenvalue weighted by Gasteiger charge is 2.30. The second-order valence-corrected chi connectivity index (χ2v) is 5.73. The van der Waals surface area contributed by atoms with Crippen LogP contribution in [0.1, 0.15) is 16.7 Å². The van der Waals surface area contributed by atoms with Crippen LogP contribution in [0, 0.1) is 5.92 Å². The first kappa shape index (κ1) is 16.4. The molecule has 0 spiro atoms. The van der Waals surface area contributed by atoms with Crippen molar-refractivity contribution >= 4 is 5.91 Å². The Morgan fingerprint density at radius 1 is 1.12 bits per heavy atom. The molecule has 1 heterocycles. The van der Waals surface area contributed by atoms with Gasteiger partial charge in [0.2, 0.25) is 5.91 Å². The Kier molecular flexibility index (Phi) is 4.46. The third kappa shape index (κ3) is 3.69. The maximum absolute atomic E-state index is 12.5. The average molecular weight is 335 g/mol. The molecule has 0 bridgehead atoms. The summed E-state index contributed by atoms with van der Waals surface area (Å²) < 4.78 is 43.1. The van der Waals surface area contributed by atoms with Gasteiger partial charge in [0.05, 0.1) is 11.5 Å². The lowest BCUT2D eigenvalue weighted by molar-refractivity contribution is -0.137. The quantitative estimate of drug-likeness (QED) is 0.931. The number of carbonyl (C=O) groups excluding carboxylic acids is 1. The second-order valence-electron chi connectivity index (χ2n) is 5.73. The smallest absolute Gasteiger partial charge is 0.416 e. The number of benzene rings is 2. The molecule has 0 aliphatic carbocycles. The molecular formula is C18H16F3NO2. The van der Waals surface area contributed by atoms with E-state index in [0.29, 0.717) is 18.6 Å². The minimum Gasteiger partial charge on any atom is -0.492 e. The van der Waals surface area contributed by atoms with Crippen molar-refractivity contribution in [2.45, 2.75) is 19.1 Å². The van der Waals surface area contributed by atoms with E-state index in [2.05, 4.69) is 5.32 Å². The monoisotopic (exact) mass is 335 g/mol. The Hall–Kier alpha value is -2.50. The summed E-state index contributed by atoms with van der Waals surface area (Å²) in [6, 6.07) is 12.3. The highest BCUT2D eigenvalue weighted by Crippen LogP contribution is 2.29. The number of rotatable bonds is 3. The first-order valence-corrected chi connectivity index (χ1v) is 7.58. The summed E-state index contributed by atoms with van der Waals surface area (Å²) in [5.74, 6) is 0.336. The van der Waals surface area contributed by atoms with Crippen molar-refractivity contribution in [3.8, 4) is 5.75 Å². The minimum absolute atomic E-state index is 0.163. The molecule has 1 N–H and O–H groups in total. The van der Waals surface area contributed by atoms with Crippen molar-refractivity contribution in [2.24, 2.45) is 5.92 Å². The number of hydrogen-bond acceptors (Lipinski definition) is 2. The van der Waals surface area contributed by atoms with Gasteiger partial charge < -0.3 is 10.1 Å². The van der Waals surface area contributed by atoms with Gasteiger partial charge in [0.1, 0.15) is 12.4 Å². The maximum Gasteiger partial charge on any atom is 0.416 e. The summed E-state index contributed by atoms with van der Waals surface area (Å²) in [6.45, 7) is 0.491. The maximum atomic E-state index is 12.5. The zero-order valence-corrected chi connectivity index (χ0v) is 12.8. The van der Waals surface area contributed by atoms with Gasteiger partial charge in [-0.1, -0.05) is 30.3 Å². The number of halogens is 3. The van der Waals surface area contributed by atoms with Crippen LogP contribution >= 0.6 is 0 Å². The number of nitrogens with one attached hydrogen (secondary N) is 1. The molecule has 3 nitrogen and oxygen atoms in total. The van der Waals surface area contributed by atoms with Crippen molar-refractivity contribution in [1.82, 2.24) is 5.32 Å². The fraction of sp³-hybridized carbons (Fsp3) is 0.278. The molecular weight excluding hydrogens is 319 g/mol. The van der Waals surface area contributed by atoms with Crippen molar-refractivity contribution in [3.63, 3.8) is 0 Å². The number of para-hydroxylation sites is 1. The highest BCUT2D eigenvalue weighted by molar-refractivity contribution is 5.79. The number of ether oxygens (including phenoxy) is 1. The van der Waals surface area contributed by atoms with Crippen LogP contribution in [0.25, 0.3) is 0 Å². The molecule has 0 saturated heterocycles. The zero-order chi connectivity index (χ0) is 17.2. The van der Waals surface area contributed by atoms with E-state index in [1.165, 1.54) is 12.1 Å². The van der Waals surface area contributed by atoms with Gasteiger partial charge in [-0.2, -0.15) is 13.2 Å². The molecule has 1 aliphatic heterocycles. The van der Waals surface area contributed by atoms with Crippen LogP contribution in [-0.2, 0) is 23.9 Å². The molecule has 2 aromatic carbocycles. The molecule has 0 saturated carbocycles. The molecule has 1 amide bonds. The fourth-order valence-electron chi connectivity index (χ4n) is 2.64. The molecule has 6 heteroatoms. The summed E-state index contributed by atoms with van der Waals surface area (Å²) in [6.07, 6.45) is -3.76. The molecule has 126 valence electrons. The topological polar surface area (TPSA) is 38.3 Å². The standard InChI is InChI=1S/C18H16F3NO2/c19-18(20,21)15-7-5-12(6-8-15)10-22-17(23)14-9-13-3-1-2-4-16(13)24-11-14/h1-8,14H,9-11H2,(H,22,23). The first-order valence-electron chi connectivity index (χ1n) is 7.58. The van der Waals surface area contributed by atoms with Crippen LogP contribution in [0.2, 0.25) is 0 Å². The third-order valence-corrected chi connectivity index (χ3v) is 4.00. The van der Waals surface area contributed by atoms with Crippen LogP contribution in [0.5, 0.6) is 5.75 Å². The lowest BCUT2D eigenvalue weighted by atomic mass is 9.96. The molecule has 3 rings (SSSR count). The van der Waals surface area contributed by atoms with E-state index in [-0.39, 0.29) is 18.4 Å². The van der Waals surface area contributed by atoms with Crippen molar-refractivity contribution in [1.29, 1.82) is 0 Å².